The molecule has 144 valence electrons. The summed E-state index contributed by atoms with van der Waals surface area (Å²) < 4.78 is 18.2. The molecule has 0 aliphatic carbocycles. The lowest BCUT2D eigenvalue weighted by molar-refractivity contribution is -0.141. The molecule has 1 fully saturated rings. The van der Waals surface area contributed by atoms with Gasteiger partial charge in [-0.3, -0.25) is 9.59 Å². The summed E-state index contributed by atoms with van der Waals surface area (Å²) in [5.74, 6) is 0.521. The zero-order chi connectivity index (χ0) is 19.4. The highest BCUT2D eigenvalue weighted by atomic mass is 19.1. The average molecular weight is 374 g/mol. The van der Waals surface area contributed by atoms with Gasteiger partial charge in [0.05, 0.1) is 0 Å². The third-order valence-electron chi connectivity index (χ3n) is 4.56. The molecule has 1 aliphatic rings. The van der Waals surface area contributed by atoms with Crippen LogP contribution in [0.5, 0.6) is 0 Å². The van der Waals surface area contributed by atoms with Gasteiger partial charge in [-0.1, -0.05) is 19.0 Å². The van der Waals surface area contributed by atoms with Gasteiger partial charge in [0.15, 0.2) is 0 Å². The largest absolute Gasteiger partial charge is 0.339 e. The van der Waals surface area contributed by atoms with E-state index in [1.807, 2.05) is 13.8 Å². The summed E-state index contributed by atoms with van der Waals surface area (Å²) in [6.07, 6.45) is 0.612. The SMILES string of the molecule is CC(C)C(=O)N1CCN(C(=O)CCc2nc(-c3ccc(F)cc3)no2)CC1. The molecule has 0 unspecified atom stereocenters. The van der Waals surface area contributed by atoms with Crippen LogP contribution in [-0.2, 0) is 16.0 Å². The molecule has 2 amide bonds. The van der Waals surface area contributed by atoms with Crippen LogP contribution in [0.3, 0.4) is 0 Å². The van der Waals surface area contributed by atoms with E-state index < -0.39 is 0 Å². The molecule has 1 aromatic carbocycles. The molecular formula is C19H23FN4O3. The van der Waals surface area contributed by atoms with Gasteiger partial charge in [-0.15, -0.1) is 0 Å². The number of halogens is 1. The third-order valence-corrected chi connectivity index (χ3v) is 4.56. The van der Waals surface area contributed by atoms with Crippen molar-refractivity contribution < 1.29 is 18.5 Å². The third kappa shape index (κ3) is 4.69. The summed E-state index contributed by atoms with van der Waals surface area (Å²) in [6, 6.07) is 5.82. The number of rotatable bonds is 5. The molecule has 0 N–H and O–H groups in total. The lowest BCUT2D eigenvalue weighted by atomic mass is 10.1. The first-order valence-electron chi connectivity index (χ1n) is 9.09. The van der Waals surface area contributed by atoms with Gasteiger partial charge in [-0.05, 0) is 24.3 Å². The van der Waals surface area contributed by atoms with E-state index in [0.717, 1.165) is 0 Å². The minimum atomic E-state index is -0.330. The molecule has 0 saturated carbocycles. The molecular weight excluding hydrogens is 351 g/mol. The first-order valence-corrected chi connectivity index (χ1v) is 9.09. The Labute approximate surface area is 157 Å². The maximum Gasteiger partial charge on any atom is 0.227 e. The zero-order valence-electron chi connectivity index (χ0n) is 15.5. The molecule has 8 heteroatoms. The van der Waals surface area contributed by atoms with Gasteiger partial charge in [0.1, 0.15) is 5.82 Å². The highest BCUT2D eigenvalue weighted by molar-refractivity contribution is 5.79. The van der Waals surface area contributed by atoms with E-state index in [1.165, 1.54) is 12.1 Å². The summed E-state index contributed by atoms with van der Waals surface area (Å²) in [6.45, 7) is 5.98. The molecule has 0 atom stereocenters. The number of hydrogen-bond donors (Lipinski definition) is 0. The number of piperazine rings is 1. The van der Waals surface area contributed by atoms with Gasteiger partial charge in [-0.25, -0.2) is 4.39 Å². The second-order valence-electron chi connectivity index (χ2n) is 6.88. The van der Waals surface area contributed by atoms with Gasteiger partial charge in [0.25, 0.3) is 0 Å². The predicted molar refractivity (Wildman–Crippen MR) is 96.0 cm³/mol. The Bertz CT molecular complexity index is 796. The van der Waals surface area contributed by atoms with Gasteiger partial charge in [0.2, 0.25) is 23.5 Å². The van der Waals surface area contributed by atoms with Gasteiger partial charge < -0.3 is 14.3 Å². The topological polar surface area (TPSA) is 79.5 Å². The fraction of sp³-hybridized carbons (Fsp3) is 0.474. The fourth-order valence-electron chi connectivity index (χ4n) is 2.99. The molecule has 1 aromatic heterocycles. The standard InChI is InChI=1S/C19H23FN4O3/c1-13(2)19(26)24-11-9-23(10-12-24)17(25)8-7-16-21-18(22-27-16)14-3-5-15(20)6-4-14/h3-6,13H,7-12H2,1-2H3. The van der Waals surface area contributed by atoms with Crippen LogP contribution in [-0.4, -0.2) is 57.9 Å². The van der Waals surface area contributed by atoms with Crippen LogP contribution in [0.15, 0.2) is 28.8 Å². The molecule has 0 bridgehead atoms. The summed E-state index contributed by atoms with van der Waals surface area (Å²) >= 11 is 0. The summed E-state index contributed by atoms with van der Waals surface area (Å²) in [5, 5.41) is 3.87. The Balaban J connectivity index is 1.49. The minimum Gasteiger partial charge on any atom is -0.339 e. The molecule has 7 nitrogen and oxygen atoms in total. The van der Waals surface area contributed by atoms with E-state index in [1.54, 1.807) is 21.9 Å². The first-order chi connectivity index (χ1) is 12.9. The summed E-state index contributed by atoms with van der Waals surface area (Å²) in [7, 11) is 0. The summed E-state index contributed by atoms with van der Waals surface area (Å²) in [4.78, 5) is 32.2. The molecule has 2 aromatic rings. The van der Waals surface area contributed by atoms with Gasteiger partial charge in [-0.2, -0.15) is 4.98 Å². The first kappa shape index (κ1) is 19.0. The van der Waals surface area contributed by atoms with Gasteiger partial charge in [0, 0.05) is 50.5 Å². The van der Waals surface area contributed by atoms with Crippen LogP contribution in [0.4, 0.5) is 4.39 Å². The molecule has 1 aliphatic heterocycles. The molecule has 0 spiro atoms. The predicted octanol–water partition coefficient (Wildman–Crippen LogP) is 2.14. The van der Waals surface area contributed by atoms with E-state index >= 15 is 0 Å². The van der Waals surface area contributed by atoms with Crippen LogP contribution in [0.1, 0.15) is 26.2 Å². The van der Waals surface area contributed by atoms with Crippen molar-refractivity contribution in [3.05, 3.63) is 36.0 Å². The minimum absolute atomic E-state index is 0.00757. The second kappa shape index (κ2) is 8.28. The normalized spacial score (nSPS) is 14.7. The molecule has 3 rings (SSSR count). The molecule has 27 heavy (non-hydrogen) atoms. The Hall–Kier alpha value is -2.77. The number of amides is 2. The highest BCUT2D eigenvalue weighted by Gasteiger charge is 2.25. The van der Waals surface area contributed by atoms with E-state index in [0.29, 0.717) is 49.9 Å². The number of benzene rings is 1. The van der Waals surface area contributed by atoms with Crippen molar-refractivity contribution in [3.8, 4) is 11.4 Å². The Morgan fingerprint density at radius 2 is 1.74 bits per heavy atom. The Kier molecular flexibility index (Phi) is 5.83. The van der Waals surface area contributed by atoms with Crippen LogP contribution in [0.25, 0.3) is 11.4 Å². The number of aromatic nitrogens is 2. The van der Waals surface area contributed by atoms with E-state index in [4.69, 9.17) is 4.52 Å². The number of aryl methyl sites for hydroxylation is 1. The van der Waals surface area contributed by atoms with Crippen LogP contribution in [0, 0.1) is 11.7 Å². The van der Waals surface area contributed by atoms with E-state index in [-0.39, 0.29) is 30.0 Å². The Morgan fingerprint density at radius 3 is 2.37 bits per heavy atom. The molecule has 1 saturated heterocycles. The van der Waals surface area contributed by atoms with Crippen LogP contribution in [0.2, 0.25) is 0 Å². The van der Waals surface area contributed by atoms with E-state index in [9.17, 15) is 14.0 Å². The summed E-state index contributed by atoms with van der Waals surface area (Å²) in [5.41, 5.74) is 0.656. The number of carbonyl (C=O) groups excluding carboxylic acids is 2. The molecule has 0 radical (unpaired) electrons. The molecule has 2 heterocycles. The van der Waals surface area contributed by atoms with Crippen molar-refractivity contribution in [2.24, 2.45) is 5.92 Å². The van der Waals surface area contributed by atoms with E-state index in [2.05, 4.69) is 10.1 Å². The van der Waals surface area contributed by atoms with Crippen molar-refractivity contribution in [3.63, 3.8) is 0 Å². The smallest absolute Gasteiger partial charge is 0.227 e. The lowest BCUT2D eigenvalue weighted by Gasteiger charge is -2.35. The zero-order valence-corrected chi connectivity index (χ0v) is 15.5. The maximum absolute atomic E-state index is 13.0. The van der Waals surface area contributed by atoms with Crippen LogP contribution < -0.4 is 0 Å². The number of carbonyl (C=O) groups is 2. The second-order valence-corrected chi connectivity index (χ2v) is 6.88. The number of nitrogens with zero attached hydrogens (tertiary/aromatic N) is 4. The quantitative estimate of drug-likeness (QED) is 0.801. The van der Waals surface area contributed by atoms with Crippen molar-refractivity contribution in [2.75, 3.05) is 26.2 Å². The van der Waals surface area contributed by atoms with Crippen molar-refractivity contribution in [2.45, 2.75) is 26.7 Å². The Morgan fingerprint density at radius 1 is 1.11 bits per heavy atom. The van der Waals surface area contributed by atoms with Crippen molar-refractivity contribution in [1.82, 2.24) is 19.9 Å². The average Bonchev–Trinajstić information content (AvgIpc) is 3.15. The van der Waals surface area contributed by atoms with Gasteiger partial charge >= 0.3 is 0 Å². The maximum atomic E-state index is 13.0. The monoisotopic (exact) mass is 374 g/mol. The highest BCUT2D eigenvalue weighted by Crippen LogP contribution is 2.17. The fourth-order valence-corrected chi connectivity index (χ4v) is 2.99. The van der Waals surface area contributed by atoms with Crippen molar-refractivity contribution >= 4 is 11.8 Å². The lowest BCUT2D eigenvalue weighted by Crippen LogP contribution is -2.51. The van der Waals surface area contributed by atoms with Crippen molar-refractivity contribution in [1.29, 1.82) is 0 Å². The van der Waals surface area contributed by atoms with Crippen LogP contribution >= 0.6 is 0 Å². The number of hydrogen-bond acceptors (Lipinski definition) is 5.